The van der Waals surface area contributed by atoms with Crippen molar-refractivity contribution in [2.75, 3.05) is 26.1 Å². The van der Waals surface area contributed by atoms with E-state index in [1.54, 1.807) is 38.5 Å². The van der Waals surface area contributed by atoms with Crippen LogP contribution in [0.25, 0.3) is 11.1 Å². The molecule has 0 saturated carbocycles. The fourth-order valence-corrected chi connectivity index (χ4v) is 5.29. The van der Waals surface area contributed by atoms with E-state index in [1.807, 2.05) is 25.1 Å². The number of carbonyl (C=O) groups is 2. The third kappa shape index (κ3) is 4.26. The molecule has 0 saturated heterocycles. The number of amides is 1. The minimum atomic E-state index is -1.04. The van der Waals surface area contributed by atoms with Gasteiger partial charge >= 0.3 is 5.97 Å². The molecule has 33 heavy (non-hydrogen) atoms. The average Bonchev–Trinajstić information content (AvgIpc) is 3.21. The van der Waals surface area contributed by atoms with Crippen molar-refractivity contribution in [1.82, 2.24) is 0 Å². The summed E-state index contributed by atoms with van der Waals surface area (Å²) in [6, 6.07) is 12.7. The molecule has 3 aromatic rings. The van der Waals surface area contributed by atoms with Gasteiger partial charge in [-0.05, 0) is 30.2 Å². The van der Waals surface area contributed by atoms with Crippen molar-refractivity contribution < 1.29 is 28.9 Å². The molecule has 2 N–H and O–H groups in total. The zero-order valence-corrected chi connectivity index (χ0v) is 19.5. The van der Waals surface area contributed by atoms with E-state index < -0.39 is 5.97 Å². The number of hydrogen-bond acceptors (Lipinski definition) is 6. The summed E-state index contributed by atoms with van der Waals surface area (Å²) >= 11 is 1.18. The Morgan fingerprint density at radius 1 is 1.15 bits per heavy atom. The standard InChI is InChI=1S/C25H25NO6S/c1-4-12-32-22-16(6-5-7-18(22)31-3)17-13-19(27)26-21-20(24(25(28)29)33-23(17)21)14-8-10-15(30-2)11-9-14/h5-11,17H,4,12-13H2,1-3H3,(H,26,27)(H,28,29). The number of nitrogens with one attached hydrogen (secondary N) is 1. The van der Waals surface area contributed by atoms with Gasteiger partial charge in [-0.3, -0.25) is 4.79 Å². The maximum absolute atomic E-state index is 12.8. The summed E-state index contributed by atoms with van der Waals surface area (Å²) in [7, 11) is 3.15. The monoisotopic (exact) mass is 467 g/mol. The van der Waals surface area contributed by atoms with Gasteiger partial charge in [0.1, 0.15) is 10.6 Å². The van der Waals surface area contributed by atoms with Gasteiger partial charge < -0.3 is 24.6 Å². The highest BCUT2D eigenvalue weighted by molar-refractivity contribution is 7.15. The summed E-state index contributed by atoms with van der Waals surface area (Å²) in [5, 5.41) is 12.9. The zero-order chi connectivity index (χ0) is 23.5. The van der Waals surface area contributed by atoms with Gasteiger partial charge in [-0.25, -0.2) is 4.79 Å². The van der Waals surface area contributed by atoms with Crippen LogP contribution in [0.15, 0.2) is 42.5 Å². The number of anilines is 1. The number of methoxy groups -OCH3 is 2. The molecule has 0 fully saturated rings. The Bertz CT molecular complexity index is 1180. The molecule has 1 amide bonds. The largest absolute Gasteiger partial charge is 0.497 e. The van der Waals surface area contributed by atoms with E-state index in [4.69, 9.17) is 14.2 Å². The smallest absolute Gasteiger partial charge is 0.346 e. The fourth-order valence-electron chi connectivity index (χ4n) is 4.05. The molecule has 0 bridgehead atoms. The molecule has 1 aromatic heterocycles. The van der Waals surface area contributed by atoms with Crippen LogP contribution in [0.3, 0.4) is 0 Å². The molecule has 4 rings (SSSR count). The summed E-state index contributed by atoms with van der Waals surface area (Å²) in [6.45, 7) is 2.52. The van der Waals surface area contributed by atoms with Crippen molar-refractivity contribution >= 4 is 28.9 Å². The fraction of sp³-hybridized carbons (Fsp3) is 0.280. The Morgan fingerprint density at radius 2 is 1.91 bits per heavy atom. The Hall–Kier alpha value is -3.52. The van der Waals surface area contributed by atoms with Crippen LogP contribution in [0.5, 0.6) is 17.2 Å². The molecule has 172 valence electrons. The first kappa shape index (κ1) is 22.7. The Balaban J connectivity index is 1.90. The molecule has 2 aromatic carbocycles. The predicted molar refractivity (Wildman–Crippen MR) is 127 cm³/mol. The lowest BCUT2D eigenvalue weighted by molar-refractivity contribution is -0.116. The zero-order valence-electron chi connectivity index (χ0n) is 18.6. The van der Waals surface area contributed by atoms with E-state index >= 15 is 0 Å². The number of carboxylic acids is 1. The lowest BCUT2D eigenvalue weighted by Gasteiger charge is -2.26. The van der Waals surface area contributed by atoms with E-state index in [0.717, 1.165) is 16.9 Å². The highest BCUT2D eigenvalue weighted by Gasteiger charge is 2.36. The molecule has 2 heterocycles. The quantitative estimate of drug-likeness (QED) is 0.461. The number of thiophene rings is 1. The van der Waals surface area contributed by atoms with Crippen LogP contribution in [0.4, 0.5) is 5.69 Å². The van der Waals surface area contributed by atoms with Crippen LogP contribution in [0.2, 0.25) is 0 Å². The van der Waals surface area contributed by atoms with Crippen LogP contribution in [-0.2, 0) is 4.79 Å². The van der Waals surface area contributed by atoms with Crippen molar-refractivity contribution in [3.8, 4) is 28.4 Å². The molecular formula is C25H25NO6S. The summed E-state index contributed by atoms with van der Waals surface area (Å²) in [5.74, 6) is 0.256. The lowest BCUT2D eigenvalue weighted by atomic mass is 9.88. The number of ether oxygens (including phenoxy) is 3. The third-order valence-corrected chi connectivity index (χ3v) is 6.83. The van der Waals surface area contributed by atoms with Gasteiger partial charge in [-0.2, -0.15) is 0 Å². The maximum Gasteiger partial charge on any atom is 0.346 e. The Labute approximate surface area is 195 Å². The van der Waals surface area contributed by atoms with E-state index in [2.05, 4.69) is 5.32 Å². The molecule has 1 aliphatic rings. The topological polar surface area (TPSA) is 94.1 Å². The van der Waals surface area contributed by atoms with Gasteiger partial charge in [-0.1, -0.05) is 31.2 Å². The number of carbonyl (C=O) groups excluding carboxylic acids is 1. The Morgan fingerprint density at radius 3 is 2.55 bits per heavy atom. The van der Waals surface area contributed by atoms with Gasteiger partial charge in [0.15, 0.2) is 11.5 Å². The Kier molecular flexibility index (Phi) is 6.55. The van der Waals surface area contributed by atoms with Crippen molar-refractivity contribution in [2.45, 2.75) is 25.7 Å². The number of rotatable bonds is 8. The normalized spacial score (nSPS) is 14.9. The highest BCUT2D eigenvalue weighted by Crippen LogP contribution is 2.52. The number of fused-ring (bicyclic) bond motifs is 1. The lowest BCUT2D eigenvalue weighted by Crippen LogP contribution is -2.23. The first-order valence-electron chi connectivity index (χ1n) is 10.6. The first-order chi connectivity index (χ1) is 16.0. The molecule has 1 unspecified atom stereocenters. The molecule has 1 atom stereocenters. The average molecular weight is 468 g/mol. The van der Waals surface area contributed by atoms with Gasteiger partial charge in [0, 0.05) is 28.3 Å². The second-order valence-electron chi connectivity index (χ2n) is 7.61. The molecular weight excluding hydrogens is 442 g/mol. The second kappa shape index (κ2) is 9.54. The molecule has 0 spiro atoms. The van der Waals surface area contributed by atoms with E-state index in [1.165, 1.54) is 11.3 Å². The SMILES string of the molecule is CCCOc1c(OC)cccc1C1CC(=O)Nc2c1sc(C(=O)O)c2-c1ccc(OC)cc1. The summed E-state index contributed by atoms with van der Waals surface area (Å²) in [5.41, 5.74) is 2.54. The van der Waals surface area contributed by atoms with Gasteiger partial charge in [0.25, 0.3) is 0 Å². The summed E-state index contributed by atoms with van der Waals surface area (Å²) in [6.07, 6.45) is 1.00. The molecule has 8 heteroatoms. The summed E-state index contributed by atoms with van der Waals surface area (Å²) in [4.78, 5) is 26.0. The molecule has 1 aliphatic heterocycles. The summed E-state index contributed by atoms with van der Waals surface area (Å²) < 4.78 is 16.8. The van der Waals surface area contributed by atoms with E-state index in [-0.39, 0.29) is 23.1 Å². The third-order valence-electron chi connectivity index (χ3n) is 5.53. The van der Waals surface area contributed by atoms with Crippen LogP contribution in [-0.4, -0.2) is 37.8 Å². The molecule has 0 radical (unpaired) electrons. The van der Waals surface area contributed by atoms with Gasteiger partial charge in [0.05, 0.1) is 26.5 Å². The van der Waals surface area contributed by atoms with Crippen LogP contribution < -0.4 is 19.5 Å². The van der Waals surface area contributed by atoms with Crippen molar-refractivity contribution in [1.29, 1.82) is 0 Å². The molecule has 7 nitrogen and oxygen atoms in total. The van der Waals surface area contributed by atoms with Crippen molar-refractivity contribution in [3.05, 3.63) is 57.8 Å². The number of carboxylic acid groups (broad SMARTS) is 1. The van der Waals surface area contributed by atoms with Gasteiger partial charge in [-0.15, -0.1) is 11.3 Å². The number of aromatic carboxylic acids is 1. The first-order valence-corrected chi connectivity index (χ1v) is 11.4. The van der Waals surface area contributed by atoms with E-state index in [9.17, 15) is 14.7 Å². The number of hydrogen-bond donors (Lipinski definition) is 2. The van der Waals surface area contributed by atoms with Crippen molar-refractivity contribution in [2.24, 2.45) is 0 Å². The minimum Gasteiger partial charge on any atom is -0.497 e. The van der Waals surface area contributed by atoms with Gasteiger partial charge in [0.2, 0.25) is 5.91 Å². The predicted octanol–water partition coefficient (Wildman–Crippen LogP) is 5.39. The highest BCUT2D eigenvalue weighted by atomic mass is 32.1. The van der Waals surface area contributed by atoms with Crippen molar-refractivity contribution in [3.63, 3.8) is 0 Å². The minimum absolute atomic E-state index is 0.177. The molecule has 0 aliphatic carbocycles. The number of benzene rings is 2. The maximum atomic E-state index is 12.8. The van der Waals surface area contributed by atoms with Crippen LogP contribution >= 0.6 is 11.3 Å². The van der Waals surface area contributed by atoms with Crippen LogP contribution in [0.1, 0.15) is 45.8 Å². The van der Waals surface area contributed by atoms with Crippen LogP contribution in [0, 0.1) is 0 Å². The number of para-hydroxylation sites is 1. The van der Waals surface area contributed by atoms with E-state index in [0.29, 0.717) is 40.7 Å². The second-order valence-corrected chi connectivity index (χ2v) is 8.66.